The van der Waals surface area contributed by atoms with Crippen molar-refractivity contribution < 1.29 is 58.8 Å². The second kappa shape index (κ2) is 16.3. The Hall–Kier alpha value is -4.76. The van der Waals surface area contributed by atoms with E-state index in [1.165, 1.54) is 0 Å². The molecule has 10 unspecified atom stereocenters. The van der Waals surface area contributed by atoms with Crippen LogP contribution in [0.2, 0.25) is 0 Å². The molecule has 16 nitrogen and oxygen atoms in total. The van der Waals surface area contributed by atoms with E-state index >= 15 is 0 Å². The number of nitrogens with one attached hydrogen (secondary N) is 4. The zero-order valence-electron chi connectivity index (χ0n) is 29.9. The molecule has 4 bridgehead atoms. The Morgan fingerprint density at radius 3 is 1.00 bits per heavy atom. The molecule has 0 heterocycles. The van der Waals surface area contributed by atoms with Gasteiger partial charge in [0.2, 0.25) is 23.6 Å². The molecule has 0 aromatic carbocycles. The van der Waals surface area contributed by atoms with Crippen LogP contribution in [0.25, 0.3) is 0 Å². The minimum Gasteiger partial charge on any atom is -0.481 e. The number of amides is 4. The maximum atomic E-state index is 13.1. The topological polar surface area (TPSA) is 266 Å². The molecule has 6 aliphatic rings. The van der Waals surface area contributed by atoms with Crippen molar-refractivity contribution in [2.45, 2.75) is 101 Å². The predicted octanol–water partition coefficient (Wildman–Crippen LogP) is 1.30. The number of carbonyl (C=O) groups excluding carboxylic acids is 4. The molecule has 0 spiro atoms. The summed E-state index contributed by atoms with van der Waals surface area (Å²) in [6.07, 6.45) is 11.6. The number of carbonyl (C=O) groups is 8. The van der Waals surface area contributed by atoms with Crippen molar-refractivity contribution in [2.75, 3.05) is 0 Å². The van der Waals surface area contributed by atoms with Gasteiger partial charge in [0.1, 0.15) is 0 Å². The number of carboxylic acid groups (broad SMARTS) is 4. The van der Waals surface area contributed by atoms with Gasteiger partial charge in [0, 0.05) is 37.0 Å². The summed E-state index contributed by atoms with van der Waals surface area (Å²) in [5.74, 6) is -13.4. The summed E-state index contributed by atoms with van der Waals surface area (Å²) >= 11 is 0. The van der Waals surface area contributed by atoms with Crippen molar-refractivity contribution in [2.24, 2.45) is 59.2 Å². The lowest BCUT2D eigenvalue weighted by atomic mass is 9.81. The van der Waals surface area contributed by atoms with E-state index < -0.39 is 84.0 Å². The van der Waals surface area contributed by atoms with Gasteiger partial charge in [0.25, 0.3) is 0 Å². The van der Waals surface area contributed by atoms with E-state index in [1.807, 2.05) is 24.3 Å². The summed E-state index contributed by atoms with van der Waals surface area (Å²) in [6.45, 7) is 0. The summed E-state index contributed by atoms with van der Waals surface area (Å²) < 4.78 is 0. The maximum Gasteiger partial charge on any atom is 0.307 e. The second-order valence-corrected chi connectivity index (χ2v) is 16.2. The zero-order valence-corrected chi connectivity index (χ0v) is 29.9. The predicted molar refractivity (Wildman–Crippen MR) is 187 cm³/mol. The van der Waals surface area contributed by atoms with E-state index in [2.05, 4.69) is 21.3 Å². The van der Waals surface area contributed by atoms with E-state index in [1.54, 1.807) is 0 Å². The first-order valence-electron chi connectivity index (χ1n) is 19.2. The fourth-order valence-corrected chi connectivity index (χ4v) is 10.2. The summed E-state index contributed by atoms with van der Waals surface area (Å²) in [7, 11) is 0. The van der Waals surface area contributed by atoms with Gasteiger partial charge in [0.05, 0.1) is 35.5 Å². The zero-order chi connectivity index (χ0) is 38.8. The molecule has 54 heavy (non-hydrogen) atoms. The standard InChI is InChI=1S/C38H50N4O12/c43-27(39-21-5-9-23(10-6-21)41-33(45)29-17-1-3-19(13-17)31(29)37(51)52)15-25(35(47)48)26(36(49)50)16-28(44)40-22-7-11-24(12-8-22)42-34(46)30-18-2-4-20(14-18)32(30)38(53)54/h1-4,17-26,29-32H,5-16H2,(H,39,43)(H,40,44)(H,41,45)(H,42,46)(H,47,48)(H,49,50)(H,51,52)(H,53,54). The third kappa shape index (κ3) is 8.46. The number of rotatable bonds is 15. The summed E-state index contributed by atoms with van der Waals surface area (Å²) in [4.78, 5) is 100. The molecule has 6 aliphatic carbocycles. The Kier molecular flexibility index (Phi) is 11.8. The van der Waals surface area contributed by atoms with Crippen LogP contribution in [-0.4, -0.2) is 92.1 Å². The Bertz CT molecular complexity index is 1480. The van der Waals surface area contributed by atoms with Gasteiger partial charge >= 0.3 is 23.9 Å². The van der Waals surface area contributed by atoms with E-state index in [-0.39, 0.29) is 59.7 Å². The minimum absolute atomic E-state index is 0.0949. The second-order valence-electron chi connectivity index (χ2n) is 16.2. The third-order valence-electron chi connectivity index (χ3n) is 12.9. The molecule has 294 valence electrons. The maximum absolute atomic E-state index is 13.1. The monoisotopic (exact) mass is 754 g/mol. The van der Waals surface area contributed by atoms with Gasteiger partial charge in [-0.3, -0.25) is 38.4 Å². The van der Waals surface area contributed by atoms with Crippen LogP contribution in [0.4, 0.5) is 0 Å². The van der Waals surface area contributed by atoms with Crippen molar-refractivity contribution in [1.29, 1.82) is 0 Å². The number of hydrogen-bond donors (Lipinski definition) is 8. The number of allylic oxidation sites excluding steroid dienone is 4. The van der Waals surface area contributed by atoms with Gasteiger partial charge in [-0.2, -0.15) is 0 Å². The van der Waals surface area contributed by atoms with E-state index in [4.69, 9.17) is 0 Å². The smallest absolute Gasteiger partial charge is 0.307 e. The van der Waals surface area contributed by atoms with Crippen LogP contribution in [0.5, 0.6) is 0 Å². The lowest BCUT2D eigenvalue weighted by molar-refractivity contribution is -0.156. The quantitative estimate of drug-likeness (QED) is 0.110. The van der Waals surface area contributed by atoms with Crippen molar-refractivity contribution in [3.8, 4) is 0 Å². The third-order valence-corrected chi connectivity index (χ3v) is 12.9. The van der Waals surface area contributed by atoms with Crippen LogP contribution < -0.4 is 21.3 Å². The first-order chi connectivity index (χ1) is 25.7. The van der Waals surface area contributed by atoms with Crippen LogP contribution in [0.3, 0.4) is 0 Å². The molecule has 0 aromatic heterocycles. The molecule has 4 saturated carbocycles. The van der Waals surface area contributed by atoms with Gasteiger partial charge in [-0.15, -0.1) is 0 Å². The molecule has 0 aliphatic heterocycles. The highest BCUT2D eigenvalue weighted by molar-refractivity contribution is 5.90. The van der Waals surface area contributed by atoms with Gasteiger partial charge in [-0.1, -0.05) is 24.3 Å². The fourth-order valence-electron chi connectivity index (χ4n) is 10.2. The first kappa shape index (κ1) is 38.9. The van der Waals surface area contributed by atoms with Crippen molar-refractivity contribution in [3.05, 3.63) is 24.3 Å². The molecule has 0 saturated heterocycles. The molecule has 10 atom stereocenters. The van der Waals surface area contributed by atoms with Crippen molar-refractivity contribution in [3.63, 3.8) is 0 Å². The van der Waals surface area contributed by atoms with E-state index in [0.29, 0.717) is 64.2 Å². The average molecular weight is 755 g/mol. The molecule has 4 fully saturated rings. The van der Waals surface area contributed by atoms with Crippen molar-refractivity contribution >= 4 is 47.5 Å². The molecule has 6 rings (SSSR count). The molecule has 8 N–H and O–H groups in total. The van der Waals surface area contributed by atoms with Gasteiger partial charge < -0.3 is 41.7 Å². The Morgan fingerprint density at radius 1 is 0.444 bits per heavy atom. The van der Waals surface area contributed by atoms with Crippen LogP contribution in [0.15, 0.2) is 24.3 Å². The summed E-state index contributed by atoms with van der Waals surface area (Å²) in [5, 5.41) is 50.7. The number of hydrogen-bond acceptors (Lipinski definition) is 8. The Morgan fingerprint density at radius 2 is 0.722 bits per heavy atom. The lowest BCUT2D eigenvalue weighted by Crippen LogP contribution is -2.48. The molecule has 0 aromatic rings. The Labute approximate surface area is 311 Å². The number of aliphatic carboxylic acids is 4. The van der Waals surface area contributed by atoms with E-state index in [0.717, 1.165) is 0 Å². The van der Waals surface area contributed by atoms with Crippen molar-refractivity contribution in [1.82, 2.24) is 21.3 Å². The Balaban J connectivity index is 0.922. The van der Waals surface area contributed by atoms with Crippen LogP contribution >= 0.6 is 0 Å². The van der Waals surface area contributed by atoms with Crippen LogP contribution in [-0.2, 0) is 38.4 Å². The normalized spacial score (nSPS) is 35.8. The van der Waals surface area contributed by atoms with Gasteiger partial charge in [0.15, 0.2) is 0 Å². The number of carboxylic acids is 4. The first-order valence-corrected chi connectivity index (χ1v) is 19.2. The summed E-state index contributed by atoms with van der Waals surface area (Å²) in [5.41, 5.74) is 0. The lowest BCUT2D eigenvalue weighted by Gasteiger charge is -2.32. The molecular weight excluding hydrogens is 704 g/mol. The number of fused-ring (bicyclic) bond motifs is 4. The molecule has 16 heteroatoms. The molecule has 4 amide bonds. The van der Waals surface area contributed by atoms with Crippen LogP contribution in [0.1, 0.15) is 77.0 Å². The highest BCUT2D eigenvalue weighted by Crippen LogP contribution is 2.49. The fraction of sp³-hybridized carbons (Fsp3) is 0.684. The molecular formula is C38H50N4O12. The average Bonchev–Trinajstić information content (AvgIpc) is 3.93. The van der Waals surface area contributed by atoms with E-state index in [9.17, 15) is 58.8 Å². The van der Waals surface area contributed by atoms with Crippen LogP contribution in [0, 0.1) is 59.2 Å². The van der Waals surface area contributed by atoms with Gasteiger partial charge in [-0.25, -0.2) is 0 Å². The summed E-state index contributed by atoms with van der Waals surface area (Å²) in [6, 6.07) is -1.05. The SMILES string of the molecule is O=C(CC(C(=O)O)C(CC(=O)NC1CCC(NC(=O)C2C3C=CC(C3)C2C(=O)O)CC1)C(=O)O)NC1CCC(NC(=O)C2C3C=CC(C3)C2C(=O)O)CC1. The highest BCUT2D eigenvalue weighted by Gasteiger charge is 2.53. The minimum atomic E-state index is -1.66. The largest absolute Gasteiger partial charge is 0.481 e. The van der Waals surface area contributed by atoms with Gasteiger partial charge in [-0.05, 0) is 87.9 Å². The highest BCUT2D eigenvalue weighted by atomic mass is 16.4. The molecule has 0 radical (unpaired) electrons.